The Bertz CT molecular complexity index is 3960. The zero-order valence-corrected chi connectivity index (χ0v) is 80.3. The smallest absolute Gasteiger partial charge is 0.154 e. The number of rotatable bonds is 2. The summed E-state index contributed by atoms with van der Waals surface area (Å²) in [7, 11) is 0. The fraction of sp³-hybridized carbons (Fsp3) is 0.491. The van der Waals surface area contributed by atoms with Crippen LogP contribution >= 0.6 is 0 Å². The molecule has 6 aliphatic rings. The van der Waals surface area contributed by atoms with Gasteiger partial charge in [0, 0.05) is 78.7 Å². The molecule has 640 valence electrons. The van der Waals surface area contributed by atoms with Gasteiger partial charge in [0.25, 0.3) is 0 Å². The van der Waals surface area contributed by atoms with Crippen molar-refractivity contribution in [2.45, 2.75) is 340 Å². The molecule has 0 radical (unpaired) electrons. The van der Waals surface area contributed by atoms with Gasteiger partial charge >= 0.3 is 0 Å². The quantitative estimate of drug-likeness (QED) is 0.172. The number of pyridine rings is 3. The second-order valence-electron chi connectivity index (χ2n) is 36.1. The summed E-state index contributed by atoms with van der Waals surface area (Å²) in [4.78, 5) is 38.7. The van der Waals surface area contributed by atoms with Gasteiger partial charge in [-0.2, -0.15) is 0 Å². The van der Waals surface area contributed by atoms with E-state index in [1.165, 1.54) is 83.6 Å². The average Bonchev–Trinajstić information content (AvgIpc) is 1.13. The number of hydrogen-bond donors (Lipinski definition) is 0. The number of fused-ring (bicyclic) bond motifs is 4. The molecule has 0 N–H and O–H groups in total. The van der Waals surface area contributed by atoms with Gasteiger partial charge in [-0.1, -0.05) is 396 Å². The third kappa shape index (κ3) is 37.7. The fourth-order valence-electron chi connectivity index (χ4n) is 11.3. The van der Waals surface area contributed by atoms with Crippen molar-refractivity contribution in [3.8, 4) is 0 Å². The molecule has 7 heterocycles. The molecule has 0 bridgehead atoms. The lowest BCUT2D eigenvalue weighted by atomic mass is 9.85. The summed E-state index contributed by atoms with van der Waals surface area (Å²) in [6.45, 7) is 83.6. The molecular weight excluding hydrogens is 1420 g/mol. The predicted octanol–water partition coefficient (Wildman–Crippen LogP) is 30.5. The normalized spacial score (nSPS) is 13.0. The lowest BCUT2D eigenvalue weighted by Gasteiger charge is -2.19. The van der Waals surface area contributed by atoms with Crippen molar-refractivity contribution in [1.82, 2.24) is 15.0 Å². The minimum Gasteiger partial charge on any atom is -0.286 e. The molecule has 117 heavy (non-hydrogen) atoms. The van der Waals surface area contributed by atoms with Crippen LogP contribution in [0, 0.1) is 13.8 Å². The third-order valence-electron chi connectivity index (χ3n) is 18.7. The van der Waals surface area contributed by atoms with E-state index < -0.39 is 0 Å². The van der Waals surface area contributed by atoms with Crippen LogP contribution in [0.25, 0.3) is 12.2 Å². The molecule has 0 fully saturated rings. The molecule has 0 saturated carbocycles. The minimum atomic E-state index is 0. The van der Waals surface area contributed by atoms with Gasteiger partial charge in [-0.15, -0.1) is 0 Å². The summed E-state index contributed by atoms with van der Waals surface area (Å²) in [5.74, 6) is 1.71. The van der Waals surface area contributed by atoms with E-state index in [9.17, 15) is 0 Å². The average molecular weight is 1590 g/mol. The summed E-state index contributed by atoms with van der Waals surface area (Å²) in [5.41, 5.74) is 27.4. The van der Waals surface area contributed by atoms with Gasteiger partial charge < -0.3 is 0 Å². The van der Waals surface area contributed by atoms with Crippen molar-refractivity contribution < 1.29 is 0 Å². The summed E-state index contributed by atoms with van der Waals surface area (Å²) in [6.07, 6.45) is 25.4. The zero-order chi connectivity index (χ0) is 88.6. The summed E-state index contributed by atoms with van der Waals surface area (Å²) in [6, 6.07) is 47.9. The van der Waals surface area contributed by atoms with Crippen LogP contribution < -0.4 is 0 Å². The van der Waals surface area contributed by atoms with Gasteiger partial charge in [0.15, 0.2) is 11.7 Å². The van der Waals surface area contributed by atoms with E-state index in [-0.39, 0.29) is 50.7 Å². The van der Waals surface area contributed by atoms with Crippen LogP contribution in [0.15, 0.2) is 194 Å². The van der Waals surface area contributed by atoms with Gasteiger partial charge in [0.05, 0.1) is 36.7 Å². The molecule has 9 heteroatoms. The number of aromatic nitrogens is 3. The first-order chi connectivity index (χ1) is 54.4. The van der Waals surface area contributed by atoms with Crippen LogP contribution in [0.4, 0.5) is 5.69 Å². The van der Waals surface area contributed by atoms with E-state index in [0.717, 1.165) is 78.8 Å². The number of nitrogens with zero attached hydrogens (tertiary/aromatic N) is 9. The lowest BCUT2D eigenvalue weighted by molar-refractivity contribution is 0.586. The second kappa shape index (κ2) is 51.4. The van der Waals surface area contributed by atoms with E-state index in [1.807, 2.05) is 133 Å². The van der Waals surface area contributed by atoms with E-state index in [1.54, 1.807) is 0 Å². The van der Waals surface area contributed by atoms with Gasteiger partial charge in [0.1, 0.15) is 0 Å². The molecule has 0 spiro atoms. The van der Waals surface area contributed by atoms with Crippen LogP contribution in [-0.2, 0) is 69.1 Å². The molecule has 2 aliphatic carbocycles. The molecule has 8 aromatic rings. The van der Waals surface area contributed by atoms with Crippen molar-refractivity contribution in [3.63, 3.8) is 0 Å². The van der Waals surface area contributed by atoms with Crippen molar-refractivity contribution >= 4 is 54.4 Å². The molecule has 9 nitrogen and oxygen atoms in total. The van der Waals surface area contributed by atoms with Crippen LogP contribution in [0.1, 0.15) is 363 Å². The maximum absolute atomic E-state index is 4.46. The highest BCUT2D eigenvalue weighted by atomic mass is 15.0. The molecule has 14 rings (SSSR count). The largest absolute Gasteiger partial charge is 0.286 e. The standard InChI is InChI=1S/2C13H16N2.C13H16.2C12H15N.C11H14N2.C11H16.C10H15N.6C2H6.CH4/c2*1-13(2,3)11-6-4-10(5-7-11)12-14-8-9-15-12;1-13(2,3)12-8-7-10-5-4-6-11(10)9-12;1-12(2,3)10-5-4-9-6-7-13-11(9)8-10;1-12(2,3)10-7-9-5-4-6-11(9)13-8-10;1-11(2,3)9-4-8-5-12-7-10(8)13-6-9;1-9-5-7-10(8-6-9)11(2,3)4;1-8-5-6-9(7-11-8)10(2,3)4;6*1-2;/h2*4-8H,9H2,1-3H3;4,6-9H,5H2,1-3H3;2*4-5,7-8H,6H2,1-3H3;4-6H,7H2,1-3H3;5-8H,1-4H3;5-7H,1-4H3;6*1-2H3;1H4. The van der Waals surface area contributed by atoms with Crippen LogP contribution in [-0.4, -0.2) is 64.6 Å². The minimum absolute atomic E-state index is 0. The number of aryl methyl sites for hydroxylation is 2. The number of benzene rings is 5. The number of amidine groups is 2. The molecular formula is C108H163N9. The van der Waals surface area contributed by atoms with Crippen LogP contribution in [0.3, 0.4) is 0 Å². The molecule has 0 atom stereocenters. The van der Waals surface area contributed by atoms with Crippen LogP contribution in [0.5, 0.6) is 0 Å². The highest BCUT2D eigenvalue weighted by Crippen LogP contribution is 2.33. The lowest BCUT2D eigenvalue weighted by Crippen LogP contribution is -2.12. The van der Waals surface area contributed by atoms with Crippen molar-refractivity contribution in [2.75, 3.05) is 13.1 Å². The van der Waals surface area contributed by atoms with Crippen molar-refractivity contribution in [1.29, 1.82) is 0 Å². The van der Waals surface area contributed by atoms with E-state index in [0.29, 0.717) is 0 Å². The number of aliphatic imine (C=N–C) groups is 6. The Labute approximate surface area is 718 Å². The SMILES string of the molecule is C.CC.CC.CC.CC.CC.CC.CC(C)(C)c1ccc(C2=NCC=N2)cc1.CC(C)(C)c1ccc(C2=NCC=N2)cc1.CC(C)(C)c1ccc2c(c1)C=CC2.CC(C)(C)c1ccc2c(c1)N=CC2.CC(C)(C)c1cnc2c(c1)C=CC2.CC(C)(C)c1cnc2c(c1)C=NC2.Cc1ccc(C(C)(C)C)cc1.Cc1ccc(C(C)(C)C)cn1. The Balaban J connectivity index is 0.00000129. The molecule has 0 amide bonds. The third-order valence-corrected chi connectivity index (χ3v) is 18.7. The molecule has 0 unspecified atom stereocenters. The monoisotopic (exact) mass is 1590 g/mol. The second-order valence-corrected chi connectivity index (χ2v) is 36.1. The number of hydrogen-bond acceptors (Lipinski definition) is 9. The van der Waals surface area contributed by atoms with Gasteiger partial charge in [-0.25, -0.2) is 9.98 Å². The Morgan fingerprint density at radius 3 is 1.04 bits per heavy atom. The van der Waals surface area contributed by atoms with E-state index in [4.69, 9.17) is 0 Å². The fourth-order valence-corrected chi connectivity index (χ4v) is 11.3. The summed E-state index contributed by atoms with van der Waals surface area (Å²) >= 11 is 0. The first-order valence-corrected chi connectivity index (χ1v) is 43.4. The summed E-state index contributed by atoms with van der Waals surface area (Å²) in [5, 5.41) is 0. The highest BCUT2D eigenvalue weighted by Gasteiger charge is 2.22. The molecule has 3 aromatic heterocycles. The van der Waals surface area contributed by atoms with Crippen molar-refractivity contribution in [2.24, 2.45) is 30.0 Å². The Hall–Kier alpha value is -8.95. The first kappa shape index (κ1) is 108. The molecule has 0 saturated heterocycles. The molecule has 4 aliphatic heterocycles. The Morgan fingerprint density at radius 2 is 0.641 bits per heavy atom. The van der Waals surface area contributed by atoms with Gasteiger partial charge in [-0.05, 0) is 155 Å². The Morgan fingerprint density at radius 1 is 0.291 bits per heavy atom. The molecule has 5 aromatic carbocycles. The van der Waals surface area contributed by atoms with Crippen molar-refractivity contribution in [3.05, 3.63) is 270 Å². The highest BCUT2D eigenvalue weighted by molar-refractivity contribution is 6.07. The maximum atomic E-state index is 4.46. The van der Waals surface area contributed by atoms with Gasteiger partial charge in [-0.3, -0.25) is 34.9 Å². The van der Waals surface area contributed by atoms with E-state index >= 15 is 0 Å². The zero-order valence-electron chi connectivity index (χ0n) is 80.3. The predicted molar refractivity (Wildman–Crippen MR) is 527 cm³/mol. The summed E-state index contributed by atoms with van der Waals surface area (Å²) < 4.78 is 0. The van der Waals surface area contributed by atoms with Gasteiger partial charge in [0.2, 0.25) is 0 Å². The first-order valence-electron chi connectivity index (χ1n) is 43.4. The van der Waals surface area contributed by atoms with E-state index in [2.05, 4.69) is 376 Å². The maximum Gasteiger partial charge on any atom is 0.154 e. The Kier molecular flexibility index (Phi) is 47.5. The van der Waals surface area contributed by atoms with Crippen LogP contribution in [0.2, 0.25) is 0 Å². The topological polar surface area (TPSA) is 113 Å². The number of allylic oxidation sites excluding steroid dienone is 2.